The molecule has 1 aromatic heterocycles. The molecular formula is C19H28N6O8. The largest absolute Gasteiger partial charge is 0.481 e. The van der Waals surface area contributed by atoms with E-state index in [2.05, 4.69) is 31.2 Å². The Labute approximate surface area is 188 Å². The first-order valence-corrected chi connectivity index (χ1v) is 10.4. The predicted molar refractivity (Wildman–Crippen MR) is 111 cm³/mol. The zero-order valence-electron chi connectivity index (χ0n) is 17.7. The fourth-order valence-corrected chi connectivity index (χ4v) is 3.27. The summed E-state index contributed by atoms with van der Waals surface area (Å²) in [5.41, 5.74) is 0.535. The van der Waals surface area contributed by atoms with Gasteiger partial charge in [-0.3, -0.25) is 19.2 Å². The number of carbonyl (C=O) groups is 5. The van der Waals surface area contributed by atoms with E-state index in [1.54, 1.807) is 0 Å². The van der Waals surface area contributed by atoms with Gasteiger partial charge in [0.25, 0.3) is 0 Å². The van der Waals surface area contributed by atoms with Crippen molar-refractivity contribution in [2.75, 3.05) is 13.2 Å². The zero-order chi connectivity index (χ0) is 24.4. The second-order valence-electron chi connectivity index (χ2n) is 7.57. The van der Waals surface area contributed by atoms with Gasteiger partial charge in [-0.05, 0) is 25.8 Å². The normalized spacial score (nSPS) is 18.0. The molecule has 1 saturated heterocycles. The smallest absolute Gasteiger partial charge is 0.328 e. The van der Waals surface area contributed by atoms with E-state index in [1.807, 2.05) is 0 Å². The first-order chi connectivity index (χ1) is 15.7. The second-order valence-corrected chi connectivity index (χ2v) is 7.57. The molecule has 1 aromatic rings. The molecule has 14 nitrogen and oxygen atoms in total. The summed E-state index contributed by atoms with van der Waals surface area (Å²) in [6, 6.07) is -4.62. The number of hydrogen-bond acceptors (Lipinski definition) is 8. The number of imidazole rings is 1. The molecule has 182 valence electrons. The molecule has 0 bridgehead atoms. The van der Waals surface area contributed by atoms with E-state index in [4.69, 9.17) is 15.3 Å². The summed E-state index contributed by atoms with van der Waals surface area (Å²) in [5, 5.41) is 37.2. The molecule has 1 fully saturated rings. The lowest BCUT2D eigenvalue weighted by atomic mass is 10.1. The quantitative estimate of drug-likeness (QED) is 0.147. The van der Waals surface area contributed by atoms with Gasteiger partial charge in [-0.25, -0.2) is 9.78 Å². The molecule has 0 saturated carbocycles. The Bertz CT molecular complexity index is 839. The van der Waals surface area contributed by atoms with Crippen LogP contribution in [0.15, 0.2) is 12.5 Å². The third kappa shape index (κ3) is 8.16. The summed E-state index contributed by atoms with van der Waals surface area (Å²) in [7, 11) is 0. The molecule has 0 aromatic carbocycles. The van der Waals surface area contributed by atoms with E-state index in [0.29, 0.717) is 18.7 Å². The van der Waals surface area contributed by atoms with Gasteiger partial charge in [0.15, 0.2) is 0 Å². The van der Waals surface area contributed by atoms with Gasteiger partial charge in [-0.15, -0.1) is 0 Å². The Kier molecular flexibility index (Phi) is 9.75. The molecule has 1 aliphatic heterocycles. The van der Waals surface area contributed by atoms with Crippen molar-refractivity contribution in [3.8, 4) is 0 Å². The van der Waals surface area contributed by atoms with E-state index < -0.39 is 66.9 Å². The van der Waals surface area contributed by atoms with Gasteiger partial charge < -0.3 is 41.6 Å². The van der Waals surface area contributed by atoms with Crippen LogP contribution in [0.4, 0.5) is 0 Å². The molecule has 33 heavy (non-hydrogen) atoms. The van der Waals surface area contributed by atoms with Crippen molar-refractivity contribution in [1.29, 1.82) is 0 Å². The van der Waals surface area contributed by atoms with E-state index in [9.17, 15) is 24.0 Å². The van der Waals surface area contributed by atoms with E-state index in [1.165, 1.54) is 12.5 Å². The molecule has 4 unspecified atom stereocenters. The molecule has 1 aliphatic rings. The lowest BCUT2D eigenvalue weighted by Crippen LogP contribution is -2.58. The number of aliphatic carboxylic acids is 2. The van der Waals surface area contributed by atoms with Gasteiger partial charge in [-0.2, -0.15) is 0 Å². The molecule has 0 aliphatic carbocycles. The number of aliphatic hydroxyl groups excluding tert-OH is 1. The lowest BCUT2D eigenvalue weighted by molar-refractivity contribution is -0.144. The highest BCUT2D eigenvalue weighted by Gasteiger charge is 2.32. The first kappa shape index (κ1) is 25.7. The highest BCUT2D eigenvalue weighted by Crippen LogP contribution is 2.08. The lowest BCUT2D eigenvalue weighted by Gasteiger charge is -2.24. The Hall–Kier alpha value is -3.52. The van der Waals surface area contributed by atoms with Crippen LogP contribution in [0.3, 0.4) is 0 Å². The summed E-state index contributed by atoms with van der Waals surface area (Å²) in [5.74, 6) is -4.87. The average Bonchev–Trinajstić information content (AvgIpc) is 3.47. The van der Waals surface area contributed by atoms with Gasteiger partial charge in [0, 0.05) is 24.7 Å². The molecule has 8 N–H and O–H groups in total. The topological polar surface area (TPSA) is 223 Å². The number of aromatic amines is 1. The maximum absolute atomic E-state index is 13.0. The van der Waals surface area contributed by atoms with Crippen LogP contribution in [0.1, 0.15) is 31.4 Å². The molecule has 0 radical (unpaired) electrons. The van der Waals surface area contributed by atoms with Crippen molar-refractivity contribution in [3.05, 3.63) is 18.2 Å². The van der Waals surface area contributed by atoms with Gasteiger partial charge in [0.1, 0.15) is 18.1 Å². The molecule has 14 heteroatoms. The zero-order valence-corrected chi connectivity index (χ0v) is 17.7. The minimum absolute atomic E-state index is 0.0198. The summed E-state index contributed by atoms with van der Waals surface area (Å²) in [4.78, 5) is 66.8. The number of H-pyrrole nitrogens is 1. The summed E-state index contributed by atoms with van der Waals surface area (Å²) < 4.78 is 0. The predicted octanol–water partition coefficient (Wildman–Crippen LogP) is -2.90. The van der Waals surface area contributed by atoms with E-state index in [-0.39, 0.29) is 12.8 Å². The number of aliphatic hydroxyl groups is 1. The fraction of sp³-hybridized carbons (Fsp3) is 0.579. The molecule has 3 amide bonds. The molecular weight excluding hydrogens is 440 g/mol. The fourth-order valence-electron chi connectivity index (χ4n) is 3.27. The Morgan fingerprint density at radius 2 is 1.76 bits per heavy atom. The Morgan fingerprint density at radius 1 is 1.06 bits per heavy atom. The first-order valence-electron chi connectivity index (χ1n) is 10.4. The van der Waals surface area contributed by atoms with Gasteiger partial charge in [-0.1, -0.05) is 0 Å². The van der Waals surface area contributed by atoms with Crippen LogP contribution in [-0.2, 0) is 30.4 Å². The number of hydrogen-bond donors (Lipinski definition) is 8. The van der Waals surface area contributed by atoms with Crippen molar-refractivity contribution in [2.45, 2.75) is 56.3 Å². The van der Waals surface area contributed by atoms with Gasteiger partial charge in [0.05, 0.1) is 19.0 Å². The van der Waals surface area contributed by atoms with Crippen molar-refractivity contribution in [2.24, 2.45) is 0 Å². The number of carboxylic acid groups (broad SMARTS) is 2. The number of amides is 3. The SMILES string of the molecule is O=C(O)CCC(NC(=O)C(Cc1cnc[nH]1)NC(=O)C1CCCN1)C(=O)NC(CO)C(=O)O. The third-order valence-electron chi connectivity index (χ3n) is 5.07. The maximum atomic E-state index is 13.0. The van der Waals surface area contributed by atoms with Crippen molar-refractivity contribution in [1.82, 2.24) is 31.2 Å². The van der Waals surface area contributed by atoms with Gasteiger partial charge >= 0.3 is 11.9 Å². The third-order valence-corrected chi connectivity index (χ3v) is 5.07. The standard InChI is InChI=1S/C19H28N6O8/c26-8-14(19(32)33)25-17(30)12(3-4-15(27)28)23-18(31)13(6-10-7-20-9-22-10)24-16(29)11-2-1-5-21-11/h7,9,11-14,21,26H,1-6,8H2,(H,20,22)(H,23,31)(H,24,29)(H,25,30)(H,27,28)(H,32,33). The van der Waals surface area contributed by atoms with Gasteiger partial charge in [0.2, 0.25) is 17.7 Å². The number of rotatable bonds is 13. The number of aromatic nitrogens is 2. The summed E-state index contributed by atoms with van der Waals surface area (Å²) in [6.45, 7) is -0.226. The number of nitrogens with one attached hydrogen (secondary N) is 5. The van der Waals surface area contributed by atoms with Crippen LogP contribution in [-0.4, -0.2) is 92.3 Å². The van der Waals surface area contributed by atoms with Crippen molar-refractivity contribution in [3.63, 3.8) is 0 Å². The minimum Gasteiger partial charge on any atom is -0.481 e. The van der Waals surface area contributed by atoms with Crippen LogP contribution in [0.5, 0.6) is 0 Å². The second kappa shape index (κ2) is 12.5. The van der Waals surface area contributed by atoms with Crippen molar-refractivity contribution < 1.29 is 39.3 Å². The van der Waals surface area contributed by atoms with Crippen LogP contribution >= 0.6 is 0 Å². The summed E-state index contributed by atoms with van der Waals surface area (Å²) in [6.07, 6.45) is 3.47. The average molecular weight is 468 g/mol. The number of carbonyl (C=O) groups excluding carboxylic acids is 3. The Morgan fingerprint density at radius 3 is 2.30 bits per heavy atom. The molecule has 2 heterocycles. The minimum atomic E-state index is -1.63. The van der Waals surface area contributed by atoms with Crippen LogP contribution in [0.25, 0.3) is 0 Å². The maximum Gasteiger partial charge on any atom is 0.328 e. The van der Waals surface area contributed by atoms with Crippen molar-refractivity contribution >= 4 is 29.7 Å². The van der Waals surface area contributed by atoms with E-state index in [0.717, 1.165) is 6.42 Å². The Balaban J connectivity index is 2.14. The van der Waals surface area contributed by atoms with Crippen LogP contribution in [0, 0.1) is 0 Å². The van der Waals surface area contributed by atoms with Crippen LogP contribution < -0.4 is 21.3 Å². The molecule has 2 rings (SSSR count). The highest BCUT2D eigenvalue weighted by molar-refractivity contribution is 5.94. The van der Waals surface area contributed by atoms with Crippen LogP contribution in [0.2, 0.25) is 0 Å². The highest BCUT2D eigenvalue weighted by atomic mass is 16.4. The van der Waals surface area contributed by atoms with E-state index >= 15 is 0 Å². The molecule has 0 spiro atoms. The number of nitrogens with zero attached hydrogens (tertiary/aromatic N) is 1. The molecule has 4 atom stereocenters. The number of carboxylic acids is 2. The monoisotopic (exact) mass is 468 g/mol. The summed E-state index contributed by atoms with van der Waals surface area (Å²) >= 11 is 0.